The van der Waals surface area contributed by atoms with E-state index in [1.807, 2.05) is 31.2 Å². The summed E-state index contributed by atoms with van der Waals surface area (Å²) in [5.74, 6) is 0.680. The summed E-state index contributed by atoms with van der Waals surface area (Å²) in [6, 6.07) is 7.71. The summed E-state index contributed by atoms with van der Waals surface area (Å²) < 4.78 is 24.7. The van der Waals surface area contributed by atoms with Crippen molar-refractivity contribution in [3.8, 4) is 5.75 Å². The van der Waals surface area contributed by atoms with Crippen LogP contribution in [0.2, 0.25) is 0 Å². The smallest absolute Gasteiger partial charge is 0.379 e. The van der Waals surface area contributed by atoms with Gasteiger partial charge in [-0.05, 0) is 31.4 Å². The van der Waals surface area contributed by atoms with Gasteiger partial charge in [-0.1, -0.05) is 89.8 Å². The first kappa shape index (κ1) is 23.2. The first-order valence-electron chi connectivity index (χ1n) is 10.6. The van der Waals surface area contributed by atoms with Crippen LogP contribution >= 0.6 is 7.60 Å². The van der Waals surface area contributed by atoms with Crippen LogP contribution in [0.1, 0.15) is 90.0 Å². The molecular formula is C22H39O3P. The monoisotopic (exact) mass is 382 g/mol. The van der Waals surface area contributed by atoms with Crippen LogP contribution in [0.4, 0.5) is 0 Å². The van der Waals surface area contributed by atoms with Crippen molar-refractivity contribution in [1.82, 2.24) is 0 Å². The highest BCUT2D eigenvalue weighted by Gasteiger charge is 2.26. The second kappa shape index (κ2) is 14.3. The number of hydrogen-bond acceptors (Lipinski definition) is 3. The van der Waals surface area contributed by atoms with Crippen LogP contribution in [-0.4, -0.2) is 12.8 Å². The molecule has 1 unspecified atom stereocenters. The van der Waals surface area contributed by atoms with Gasteiger partial charge in [0.2, 0.25) is 0 Å². The fourth-order valence-corrected chi connectivity index (χ4v) is 4.80. The number of aryl methyl sites for hydroxylation is 1. The molecule has 0 spiro atoms. The molecule has 0 radical (unpaired) electrons. The quantitative estimate of drug-likeness (QED) is 0.215. The lowest BCUT2D eigenvalue weighted by molar-refractivity contribution is 0.256. The van der Waals surface area contributed by atoms with Crippen molar-refractivity contribution in [2.45, 2.75) is 91.4 Å². The van der Waals surface area contributed by atoms with Crippen molar-refractivity contribution >= 4 is 7.60 Å². The van der Waals surface area contributed by atoms with Gasteiger partial charge in [-0.3, -0.25) is 4.52 Å². The van der Waals surface area contributed by atoms with E-state index in [-0.39, 0.29) is 0 Å². The number of benzene rings is 1. The Morgan fingerprint density at radius 2 is 1.38 bits per heavy atom. The zero-order valence-corrected chi connectivity index (χ0v) is 18.1. The molecule has 1 rings (SSSR count). The van der Waals surface area contributed by atoms with Crippen molar-refractivity contribution in [1.29, 1.82) is 0 Å². The van der Waals surface area contributed by atoms with E-state index in [9.17, 15) is 4.57 Å². The summed E-state index contributed by atoms with van der Waals surface area (Å²) in [5.41, 5.74) is 0.996. The average Bonchev–Trinajstić information content (AvgIpc) is 2.64. The molecule has 0 saturated carbocycles. The minimum atomic E-state index is -3.06. The second-order valence-corrected chi connectivity index (χ2v) is 9.32. The van der Waals surface area contributed by atoms with E-state index in [1.165, 1.54) is 44.9 Å². The Morgan fingerprint density at radius 3 is 2.00 bits per heavy atom. The molecule has 0 amide bonds. The van der Waals surface area contributed by atoms with Gasteiger partial charge < -0.3 is 4.52 Å². The Kier molecular flexibility index (Phi) is 12.8. The molecule has 0 N–H and O–H groups in total. The SMILES string of the molecule is CCCCCCCCCCCOP(=O)(CCCC)Oc1ccccc1C. The van der Waals surface area contributed by atoms with E-state index in [0.29, 0.717) is 18.5 Å². The van der Waals surface area contributed by atoms with Gasteiger partial charge in [-0.25, -0.2) is 4.57 Å². The topological polar surface area (TPSA) is 35.5 Å². The Morgan fingerprint density at radius 1 is 0.808 bits per heavy atom. The molecule has 0 aromatic heterocycles. The van der Waals surface area contributed by atoms with Crippen LogP contribution in [0.25, 0.3) is 0 Å². The number of unbranched alkanes of at least 4 members (excludes halogenated alkanes) is 9. The summed E-state index contributed by atoms with van der Waals surface area (Å²) in [6.45, 7) is 6.85. The van der Waals surface area contributed by atoms with Gasteiger partial charge in [0.15, 0.2) is 0 Å². The molecule has 0 aliphatic rings. The lowest BCUT2D eigenvalue weighted by Crippen LogP contribution is -2.05. The van der Waals surface area contributed by atoms with E-state index in [0.717, 1.165) is 31.2 Å². The highest BCUT2D eigenvalue weighted by atomic mass is 31.2. The van der Waals surface area contributed by atoms with E-state index in [1.54, 1.807) is 0 Å². The molecule has 150 valence electrons. The third-order valence-corrected chi connectivity index (χ3v) is 6.57. The van der Waals surface area contributed by atoms with Crippen molar-refractivity contribution < 1.29 is 13.6 Å². The number of para-hydroxylation sites is 1. The van der Waals surface area contributed by atoms with Gasteiger partial charge in [-0.15, -0.1) is 0 Å². The molecule has 0 saturated heterocycles. The first-order valence-corrected chi connectivity index (χ1v) is 12.3. The standard InChI is InChI=1S/C22H39O3P/c1-4-6-8-9-10-11-12-13-16-19-24-26(23,20-7-5-2)25-22-18-15-14-17-21(22)3/h14-15,17-18H,4-13,16,19-20H2,1-3H3. The second-order valence-electron chi connectivity index (χ2n) is 7.21. The Labute approximate surface area is 161 Å². The summed E-state index contributed by atoms with van der Waals surface area (Å²) in [7, 11) is -3.06. The van der Waals surface area contributed by atoms with Gasteiger partial charge in [0.05, 0.1) is 12.8 Å². The normalized spacial score (nSPS) is 13.5. The van der Waals surface area contributed by atoms with Crippen LogP contribution in [0.3, 0.4) is 0 Å². The minimum Gasteiger partial charge on any atom is -0.424 e. The molecule has 26 heavy (non-hydrogen) atoms. The summed E-state index contributed by atoms with van der Waals surface area (Å²) in [5, 5.41) is 0. The zero-order valence-electron chi connectivity index (χ0n) is 17.2. The Balaban J connectivity index is 2.29. The van der Waals surface area contributed by atoms with Gasteiger partial charge >= 0.3 is 7.60 Å². The largest absolute Gasteiger partial charge is 0.424 e. The average molecular weight is 383 g/mol. The predicted molar refractivity (Wildman–Crippen MR) is 112 cm³/mol. The van der Waals surface area contributed by atoms with Crippen LogP contribution in [0.15, 0.2) is 24.3 Å². The maximum Gasteiger partial charge on any atom is 0.379 e. The van der Waals surface area contributed by atoms with Crippen LogP contribution in [-0.2, 0) is 9.09 Å². The van der Waals surface area contributed by atoms with Crippen molar-refractivity contribution in [3.63, 3.8) is 0 Å². The third-order valence-electron chi connectivity index (χ3n) is 4.65. The van der Waals surface area contributed by atoms with Gasteiger partial charge in [0, 0.05) is 0 Å². The van der Waals surface area contributed by atoms with Crippen molar-refractivity contribution in [2.24, 2.45) is 0 Å². The van der Waals surface area contributed by atoms with E-state index >= 15 is 0 Å². The van der Waals surface area contributed by atoms with Crippen LogP contribution in [0.5, 0.6) is 5.75 Å². The molecule has 1 aromatic carbocycles. The molecule has 0 bridgehead atoms. The van der Waals surface area contributed by atoms with Gasteiger partial charge in [0.1, 0.15) is 5.75 Å². The summed E-state index contributed by atoms with van der Waals surface area (Å²) in [6.07, 6.45) is 13.7. The van der Waals surface area contributed by atoms with E-state index < -0.39 is 7.60 Å². The molecule has 1 atom stereocenters. The lowest BCUT2D eigenvalue weighted by atomic mass is 10.1. The molecule has 0 aliphatic carbocycles. The van der Waals surface area contributed by atoms with E-state index in [4.69, 9.17) is 9.05 Å². The maximum absolute atomic E-state index is 13.1. The Hall–Kier alpha value is -0.790. The molecule has 1 aromatic rings. The third kappa shape index (κ3) is 10.4. The molecular weight excluding hydrogens is 343 g/mol. The highest BCUT2D eigenvalue weighted by molar-refractivity contribution is 7.54. The summed E-state index contributed by atoms with van der Waals surface area (Å²) >= 11 is 0. The maximum atomic E-state index is 13.1. The number of hydrogen-bond donors (Lipinski definition) is 0. The fourth-order valence-electron chi connectivity index (χ4n) is 2.91. The molecule has 4 heteroatoms. The lowest BCUT2D eigenvalue weighted by Gasteiger charge is -2.20. The predicted octanol–water partition coefficient (Wildman–Crippen LogP) is 7.91. The molecule has 0 aliphatic heterocycles. The Bertz CT molecular complexity index is 516. The summed E-state index contributed by atoms with van der Waals surface area (Å²) in [4.78, 5) is 0. The van der Waals surface area contributed by atoms with Crippen LogP contribution < -0.4 is 4.52 Å². The first-order chi connectivity index (χ1) is 12.6. The van der Waals surface area contributed by atoms with Crippen molar-refractivity contribution in [3.05, 3.63) is 29.8 Å². The van der Waals surface area contributed by atoms with Crippen LogP contribution in [0, 0.1) is 6.92 Å². The molecule has 0 fully saturated rings. The fraction of sp³-hybridized carbons (Fsp3) is 0.727. The molecule has 3 nitrogen and oxygen atoms in total. The van der Waals surface area contributed by atoms with Gasteiger partial charge in [0.25, 0.3) is 0 Å². The van der Waals surface area contributed by atoms with Gasteiger partial charge in [-0.2, -0.15) is 0 Å². The number of rotatable bonds is 16. The molecule has 0 heterocycles. The zero-order chi connectivity index (χ0) is 19.1. The van der Waals surface area contributed by atoms with E-state index in [2.05, 4.69) is 13.8 Å². The minimum absolute atomic E-state index is 0.495. The highest BCUT2D eigenvalue weighted by Crippen LogP contribution is 2.49. The van der Waals surface area contributed by atoms with Crippen molar-refractivity contribution in [2.75, 3.05) is 12.8 Å².